The SMILES string of the molecule is Cc1cc2cc3[se]c4cc5cc(C)[se]c5cc4c3cc2[se]1. The second-order valence-electron chi connectivity index (χ2n) is 5.59. The molecule has 3 heterocycles. The third-order valence-corrected chi connectivity index (χ3v) is 10.6. The van der Waals surface area contributed by atoms with Crippen molar-refractivity contribution in [3.63, 3.8) is 0 Å². The molecule has 5 rings (SSSR count). The van der Waals surface area contributed by atoms with E-state index in [1.54, 1.807) is 25.9 Å². The molecule has 0 bridgehead atoms. The Morgan fingerprint density at radius 3 is 1.48 bits per heavy atom. The van der Waals surface area contributed by atoms with Gasteiger partial charge in [0.2, 0.25) is 0 Å². The monoisotopic (exact) mass is 468 g/mol. The molecule has 0 unspecified atom stereocenters. The summed E-state index contributed by atoms with van der Waals surface area (Å²) >= 11 is 1.60. The molecule has 3 heteroatoms. The molecular formula is C18H12Se3. The van der Waals surface area contributed by atoms with Gasteiger partial charge < -0.3 is 0 Å². The van der Waals surface area contributed by atoms with Crippen molar-refractivity contribution in [1.82, 2.24) is 0 Å². The van der Waals surface area contributed by atoms with Crippen LogP contribution in [0.1, 0.15) is 8.87 Å². The first-order valence-corrected chi connectivity index (χ1v) is 12.1. The summed E-state index contributed by atoms with van der Waals surface area (Å²) in [6, 6.07) is 14.7. The molecule has 0 fully saturated rings. The van der Waals surface area contributed by atoms with Crippen molar-refractivity contribution in [2.45, 2.75) is 13.8 Å². The summed E-state index contributed by atoms with van der Waals surface area (Å²) in [5.41, 5.74) is 0. The van der Waals surface area contributed by atoms with Crippen LogP contribution in [0.2, 0.25) is 0 Å². The van der Waals surface area contributed by atoms with E-state index >= 15 is 0 Å². The van der Waals surface area contributed by atoms with Gasteiger partial charge in [-0.05, 0) is 0 Å². The number of hydrogen-bond donors (Lipinski definition) is 0. The molecule has 0 aliphatic heterocycles. The molecule has 0 N–H and O–H groups in total. The van der Waals surface area contributed by atoms with Crippen LogP contribution < -0.4 is 0 Å². The van der Waals surface area contributed by atoms with Crippen molar-refractivity contribution in [3.05, 3.63) is 45.3 Å². The first-order chi connectivity index (χ1) is 10.2. The van der Waals surface area contributed by atoms with E-state index in [0.717, 1.165) is 0 Å². The van der Waals surface area contributed by atoms with Crippen molar-refractivity contribution in [2.75, 3.05) is 0 Å². The zero-order valence-corrected chi connectivity index (χ0v) is 16.8. The van der Waals surface area contributed by atoms with Crippen molar-refractivity contribution >= 4 is 82.1 Å². The molecule has 2 aromatic carbocycles. The van der Waals surface area contributed by atoms with Crippen molar-refractivity contribution in [3.8, 4) is 0 Å². The van der Waals surface area contributed by atoms with E-state index in [1.165, 1.54) is 21.5 Å². The van der Waals surface area contributed by atoms with Crippen LogP contribution in [0.3, 0.4) is 0 Å². The van der Waals surface area contributed by atoms with E-state index in [4.69, 9.17) is 0 Å². The standard InChI is InChI=1S/C18H12Se3/c1-9-3-11-5-17-13(7-15(11)19-9)14-8-16-12(4-10(2)20-16)6-18(14)21-17/h3-8H,1-2H3. The number of benzene rings is 2. The van der Waals surface area contributed by atoms with Gasteiger partial charge in [0.1, 0.15) is 0 Å². The Hall–Kier alpha value is -0.522. The van der Waals surface area contributed by atoms with Crippen LogP contribution in [0, 0.1) is 13.8 Å². The van der Waals surface area contributed by atoms with E-state index in [0.29, 0.717) is 43.5 Å². The predicted octanol–water partition coefficient (Wildman–Crippen LogP) is 4.09. The van der Waals surface area contributed by atoms with Crippen LogP contribution >= 0.6 is 0 Å². The summed E-state index contributed by atoms with van der Waals surface area (Å²) in [5.74, 6) is 0. The molecule has 0 aliphatic carbocycles. The summed E-state index contributed by atoms with van der Waals surface area (Å²) in [5, 5.41) is 6.07. The van der Waals surface area contributed by atoms with Crippen LogP contribution in [0.15, 0.2) is 36.4 Å². The Morgan fingerprint density at radius 1 is 0.524 bits per heavy atom. The van der Waals surface area contributed by atoms with Crippen molar-refractivity contribution < 1.29 is 0 Å². The fourth-order valence-electron chi connectivity index (χ4n) is 3.11. The Morgan fingerprint density at radius 2 is 1.00 bits per heavy atom. The number of rotatable bonds is 0. The molecule has 0 nitrogen and oxygen atoms in total. The molecule has 102 valence electrons. The summed E-state index contributed by atoms with van der Waals surface area (Å²) in [4.78, 5) is 0. The predicted molar refractivity (Wildman–Crippen MR) is 96.8 cm³/mol. The van der Waals surface area contributed by atoms with Gasteiger partial charge in [-0.25, -0.2) is 0 Å². The van der Waals surface area contributed by atoms with Crippen LogP contribution in [0.25, 0.3) is 38.6 Å². The molecule has 0 saturated carbocycles. The zero-order chi connectivity index (χ0) is 14.1. The summed E-state index contributed by atoms with van der Waals surface area (Å²) in [7, 11) is 0. The van der Waals surface area contributed by atoms with Gasteiger partial charge in [0.15, 0.2) is 0 Å². The topological polar surface area (TPSA) is 0 Å². The molecule has 0 spiro atoms. The van der Waals surface area contributed by atoms with Gasteiger partial charge in [0, 0.05) is 0 Å². The quantitative estimate of drug-likeness (QED) is 0.303. The van der Waals surface area contributed by atoms with Gasteiger partial charge >= 0.3 is 141 Å². The number of fused-ring (bicyclic) bond motifs is 5. The van der Waals surface area contributed by atoms with Crippen LogP contribution in [0.4, 0.5) is 0 Å². The van der Waals surface area contributed by atoms with Crippen LogP contribution in [0.5, 0.6) is 0 Å². The fraction of sp³-hybridized carbons (Fsp3) is 0.111. The van der Waals surface area contributed by atoms with Crippen LogP contribution in [-0.4, -0.2) is 43.5 Å². The first kappa shape index (κ1) is 13.0. The van der Waals surface area contributed by atoms with Gasteiger partial charge in [0.25, 0.3) is 0 Å². The Bertz CT molecular complexity index is 1060. The average Bonchev–Trinajstić information content (AvgIpc) is 3.05. The second-order valence-corrected chi connectivity index (χ2v) is 13.3. The average molecular weight is 465 g/mol. The molecule has 3 aromatic heterocycles. The van der Waals surface area contributed by atoms with E-state index in [2.05, 4.69) is 50.2 Å². The minimum absolute atomic E-state index is 0.489. The third-order valence-electron chi connectivity index (χ3n) is 3.99. The van der Waals surface area contributed by atoms with Gasteiger partial charge in [-0.15, -0.1) is 0 Å². The zero-order valence-electron chi connectivity index (χ0n) is 11.7. The molecule has 5 aromatic rings. The first-order valence-electron chi connectivity index (χ1n) is 6.94. The summed E-state index contributed by atoms with van der Waals surface area (Å²) in [6.45, 7) is 4.54. The number of aryl methyl sites for hydroxylation is 2. The second kappa shape index (κ2) is 4.49. The van der Waals surface area contributed by atoms with E-state index < -0.39 is 0 Å². The molecule has 0 atom stereocenters. The molecule has 0 aliphatic rings. The van der Waals surface area contributed by atoms with Gasteiger partial charge in [-0.1, -0.05) is 0 Å². The van der Waals surface area contributed by atoms with Gasteiger partial charge in [-0.3, -0.25) is 0 Å². The maximum absolute atomic E-state index is 2.50. The summed E-state index contributed by atoms with van der Waals surface area (Å²) in [6.07, 6.45) is 0. The van der Waals surface area contributed by atoms with Crippen molar-refractivity contribution in [1.29, 1.82) is 0 Å². The van der Waals surface area contributed by atoms with Gasteiger partial charge in [0.05, 0.1) is 0 Å². The number of hydrogen-bond acceptors (Lipinski definition) is 0. The molecule has 0 amide bonds. The maximum atomic E-state index is 2.50. The van der Waals surface area contributed by atoms with E-state index in [9.17, 15) is 0 Å². The third kappa shape index (κ3) is 1.93. The minimum atomic E-state index is 0.489. The molecule has 0 radical (unpaired) electrons. The Kier molecular flexibility index (Phi) is 2.77. The summed E-state index contributed by atoms with van der Waals surface area (Å²) < 4.78 is 9.48. The van der Waals surface area contributed by atoms with E-state index in [1.807, 2.05) is 0 Å². The van der Waals surface area contributed by atoms with Gasteiger partial charge in [-0.2, -0.15) is 0 Å². The Labute approximate surface area is 140 Å². The normalized spacial score (nSPS) is 12.3. The van der Waals surface area contributed by atoms with E-state index in [-0.39, 0.29) is 0 Å². The Balaban J connectivity index is 1.97. The molecular weight excluding hydrogens is 453 g/mol. The molecule has 21 heavy (non-hydrogen) atoms. The molecule has 0 saturated heterocycles. The van der Waals surface area contributed by atoms with Crippen molar-refractivity contribution in [2.24, 2.45) is 0 Å². The van der Waals surface area contributed by atoms with Crippen LogP contribution in [-0.2, 0) is 0 Å². The fourth-order valence-corrected chi connectivity index (χ4v) is 9.52.